The second-order valence-corrected chi connectivity index (χ2v) is 11.8. The van der Waals surface area contributed by atoms with Crippen molar-refractivity contribution in [3.63, 3.8) is 0 Å². The summed E-state index contributed by atoms with van der Waals surface area (Å²) in [5, 5.41) is 39.7. The zero-order valence-corrected chi connectivity index (χ0v) is 27.6. The molecule has 0 amide bonds. The lowest BCUT2D eigenvalue weighted by Gasteiger charge is -2.27. The van der Waals surface area contributed by atoms with Crippen LogP contribution in [0.3, 0.4) is 0 Å². The van der Waals surface area contributed by atoms with Gasteiger partial charge in [0, 0.05) is 34.1 Å². The molecule has 0 unspecified atom stereocenters. The van der Waals surface area contributed by atoms with Gasteiger partial charge in [-0.1, -0.05) is 62.4 Å². The molecular weight excluding hydrogens is 628 g/mol. The maximum Gasteiger partial charge on any atom is 0.339 e. The molecule has 0 atom stereocenters. The van der Waals surface area contributed by atoms with Gasteiger partial charge in [0.15, 0.2) is 0 Å². The highest BCUT2D eigenvalue weighted by Gasteiger charge is 2.19. The lowest BCUT2D eigenvalue weighted by Crippen LogP contribution is -2.11. The fourth-order valence-corrected chi connectivity index (χ4v) is 5.93. The minimum absolute atomic E-state index is 0.184. The molecule has 0 spiro atoms. The number of benzene rings is 6. The Morgan fingerprint density at radius 1 is 0.440 bits per heavy atom. The summed E-state index contributed by atoms with van der Waals surface area (Å²) in [5.74, 6) is -3.03. The molecule has 0 heterocycles. The summed E-state index contributed by atoms with van der Waals surface area (Å²) in [4.78, 5) is 27.6. The van der Waals surface area contributed by atoms with Crippen molar-refractivity contribution in [1.29, 1.82) is 0 Å². The van der Waals surface area contributed by atoms with Crippen molar-refractivity contribution in [3.8, 4) is 22.6 Å². The lowest BCUT2D eigenvalue weighted by molar-refractivity contribution is 0.0682. The van der Waals surface area contributed by atoms with Crippen LogP contribution in [0.4, 0.5) is 34.1 Å². The maximum atomic E-state index is 11.8. The number of phenols is 2. The van der Waals surface area contributed by atoms with E-state index in [2.05, 4.69) is 13.8 Å². The Morgan fingerprint density at radius 3 is 1.00 bits per heavy atom. The summed E-state index contributed by atoms with van der Waals surface area (Å²) in [6.45, 7) is 4.17. The van der Waals surface area contributed by atoms with Gasteiger partial charge in [-0.2, -0.15) is 0 Å². The highest BCUT2D eigenvalue weighted by molar-refractivity contribution is 5.94. The number of aryl methyl sites for hydroxylation is 2. The fraction of sp³-hybridized carbons (Fsp3) is 0.0952. The van der Waals surface area contributed by atoms with Gasteiger partial charge in [-0.3, -0.25) is 0 Å². The van der Waals surface area contributed by atoms with E-state index in [9.17, 15) is 30.0 Å². The van der Waals surface area contributed by atoms with Gasteiger partial charge in [0.05, 0.1) is 0 Å². The van der Waals surface area contributed by atoms with Crippen molar-refractivity contribution < 1.29 is 30.0 Å². The van der Waals surface area contributed by atoms with Crippen LogP contribution in [0.15, 0.2) is 133 Å². The third-order valence-electron chi connectivity index (χ3n) is 8.73. The second-order valence-electron chi connectivity index (χ2n) is 11.8. The molecule has 6 rings (SSSR count). The first-order valence-corrected chi connectivity index (χ1v) is 16.3. The molecule has 0 aliphatic rings. The number of rotatable bonds is 11. The topological polar surface area (TPSA) is 122 Å². The van der Waals surface area contributed by atoms with Crippen LogP contribution in [0.25, 0.3) is 11.1 Å². The number of carboxylic acids is 2. The Balaban J connectivity index is 1.35. The van der Waals surface area contributed by atoms with Gasteiger partial charge in [0.1, 0.15) is 22.6 Å². The molecule has 0 saturated carbocycles. The first kappa shape index (κ1) is 33.4. The van der Waals surface area contributed by atoms with Crippen molar-refractivity contribution in [1.82, 2.24) is 0 Å². The Kier molecular flexibility index (Phi) is 9.54. The van der Waals surface area contributed by atoms with E-state index >= 15 is 0 Å². The minimum atomic E-state index is -1.21. The third-order valence-corrected chi connectivity index (χ3v) is 8.73. The molecule has 0 aliphatic heterocycles. The average Bonchev–Trinajstić information content (AvgIpc) is 3.14. The van der Waals surface area contributed by atoms with Gasteiger partial charge in [0.2, 0.25) is 0 Å². The predicted octanol–water partition coefficient (Wildman–Crippen LogP) is 10.2. The first-order chi connectivity index (χ1) is 24.2. The summed E-state index contributed by atoms with van der Waals surface area (Å²) >= 11 is 0. The average molecular weight is 665 g/mol. The van der Waals surface area contributed by atoms with Crippen LogP contribution in [0, 0.1) is 0 Å². The Morgan fingerprint density at radius 2 is 0.720 bits per heavy atom. The molecule has 0 saturated heterocycles. The highest BCUT2D eigenvalue weighted by Crippen LogP contribution is 2.40. The van der Waals surface area contributed by atoms with Gasteiger partial charge < -0.3 is 30.2 Å². The molecule has 0 aromatic heterocycles. The van der Waals surface area contributed by atoms with Crippen LogP contribution in [0.2, 0.25) is 0 Å². The van der Waals surface area contributed by atoms with E-state index in [1.165, 1.54) is 35.4 Å². The highest BCUT2D eigenvalue weighted by atomic mass is 16.4. The van der Waals surface area contributed by atoms with Crippen LogP contribution in [-0.4, -0.2) is 32.4 Å². The van der Waals surface area contributed by atoms with Gasteiger partial charge in [0.25, 0.3) is 0 Å². The largest absolute Gasteiger partial charge is 0.507 e. The van der Waals surface area contributed by atoms with Gasteiger partial charge in [-0.05, 0) is 120 Å². The second kappa shape index (κ2) is 14.3. The summed E-state index contributed by atoms with van der Waals surface area (Å²) < 4.78 is 0. The number of nitrogens with zero attached hydrogens (tertiary/aromatic N) is 2. The number of hydrogen-bond donors (Lipinski definition) is 4. The molecule has 0 radical (unpaired) electrons. The molecule has 0 aliphatic carbocycles. The van der Waals surface area contributed by atoms with Gasteiger partial charge in [-0.25, -0.2) is 9.59 Å². The van der Waals surface area contributed by atoms with Crippen molar-refractivity contribution in [2.75, 3.05) is 9.80 Å². The van der Waals surface area contributed by atoms with Crippen molar-refractivity contribution >= 4 is 46.1 Å². The van der Waals surface area contributed by atoms with E-state index in [4.69, 9.17) is 0 Å². The number of anilines is 6. The van der Waals surface area contributed by atoms with Crippen molar-refractivity contribution in [2.24, 2.45) is 0 Å². The number of carboxylic acid groups (broad SMARTS) is 2. The summed E-state index contributed by atoms with van der Waals surface area (Å²) in [6.07, 6.45) is 1.77. The lowest BCUT2D eigenvalue weighted by atomic mass is 10.0. The van der Waals surface area contributed by atoms with Crippen LogP contribution in [0.5, 0.6) is 11.5 Å². The molecule has 250 valence electrons. The van der Waals surface area contributed by atoms with Crippen LogP contribution < -0.4 is 9.80 Å². The number of hydrogen-bond acceptors (Lipinski definition) is 6. The Bertz CT molecular complexity index is 1990. The maximum absolute atomic E-state index is 11.8. The van der Waals surface area contributed by atoms with E-state index in [1.54, 1.807) is 12.1 Å². The molecule has 6 aromatic rings. The molecule has 8 nitrogen and oxygen atoms in total. The zero-order valence-electron chi connectivity index (χ0n) is 27.6. The first-order valence-electron chi connectivity index (χ1n) is 16.3. The van der Waals surface area contributed by atoms with E-state index in [0.717, 1.165) is 46.7 Å². The standard InChI is InChI=1S/C42H36N2O6/c1-3-27-5-13-31(14-6-27)43(35-21-23-39(45)37(25-35)41(47)48)33-17-9-29(10-18-33)30-11-19-34(20-12-30)44(32-15-7-28(4-2)8-16-32)36-22-24-40(46)38(26-36)42(49)50/h5-26,45-46H,3-4H2,1-2H3,(H,47,48)(H,49,50). The number of carbonyl (C=O) groups is 2. The minimum Gasteiger partial charge on any atom is -0.507 e. The molecule has 6 aromatic carbocycles. The molecule has 4 N–H and O–H groups in total. The van der Waals surface area contributed by atoms with E-state index in [1.807, 2.05) is 107 Å². The summed E-state index contributed by atoms with van der Waals surface area (Å²) in [6, 6.07) is 41.1. The van der Waals surface area contributed by atoms with E-state index < -0.39 is 11.9 Å². The zero-order chi connectivity index (χ0) is 35.4. The normalized spacial score (nSPS) is 10.8. The SMILES string of the molecule is CCc1ccc(N(c2ccc(-c3ccc(N(c4ccc(CC)cc4)c4ccc(O)c(C(=O)O)c4)cc3)cc2)c2ccc(O)c(C(=O)O)c2)cc1. The monoisotopic (exact) mass is 664 g/mol. The van der Waals surface area contributed by atoms with Crippen molar-refractivity contribution in [2.45, 2.75) is 26.7 Å². The quantitative estimate of drug-likeness (QED) is 0.108. The Labute approximate surface area is 290 Å². The summed E-state index contributed by atoms with van der Waals surface area (Å²) in [5.41, 5.74) is 8.37. The van der Waals surface area contributed by atoms with Crippen LogP contribution in [-0.2, 0) is 12.8 Å². The van der Waals surface area contributed by atoms with Gasteiger partial charge in [-0.15, -0.1) is 0 Å². The Hall–Kier alpha value is -6.54. The van der Waals surface area contributed by atoms with Crippen LogP contribution in [0.1, 0.15) is 45.7 Å². The third kappa shape index (κ3) is 6.86. The smallest absolute Gasteiger partial charge is 0.339 e. The number of aromatic carboxylic acids is 2. The fourth-order valence-electron chi connectivity index (χ4n) is 5.93. The predicted molar refractivity (Wildman–Crippen MR) is 197 cm³/mol. The van der Waals surface area contributed by atoms with Crippen molar-refractivity contribution in [3.05, 3.63) is 156 Å². The van der Waals surface area contributed by atoms with Crippen LogP contribution >= 0.6 is 0 Å². The molecular formula is C42H36N2O6. The van der Waals surface area contributed by atoms with E-state index in [-0.39, 0.29) is 22.6 Å². The molecule has 0 fully saturated rings. The van der Waals surface area contributed by atoms with E-state index in [0.29, 0.717) is 11.4 Å². The molecule has 50 heavy (non-hydrogen) atoms. The molecule has 0 bridgehead atoms. The van der Waals surface area contributed by atoms with Gasteiger partial charge >= 0.3 is 11.9 Å². The summed E-state index contributed by atoms with van der Waals surface area (Å²) in [7, 11) is 0. The number of aromatic hydroxyl groups is 2. The molecule has 8 heteroatoms.